The molecule has 0 aliphatic rings. The van der Waals surface area contributed by atoms with Gasteiger partial charge in [-0.1, -0.05) is 38.1 Å². The molecule has 0 aliphatic carbocycles. The predicted molar refractivity (Wildman–Crippen MR) is 78.8 cm³/mol. The maximum atomic E-state index is 11.5. The van der Waals surface area contributed by atoms with E-state index in [9.17, 15) is 9.90 Å². The highest BCUT2D eigenvalue weighted by Gasteiger charge is 2.20. The SMILES string of the molecule is CC(C)c1ccc(C(Cc2ccncc2)C(=O)O)cc1. The molecule has 20 heavy (non-hydrogen) atoms. The molecule has 104 valence electrons. The van der Waals surface area contributed by atoms with Gasteiger partial charge in [-0.05, 0) is 41.2 Å². The molecule has 0 radical (unpaired) electrons. The zero-order valence-corrected chi connectivity index (χ0v) is 11.8. The van der Waals surface area contributed by atoms with Crippen LogP contribution in [0.4, 0.5) is 0 Å². The van der Waals surface area contributed by atoms with Gasteiger partial charge in [0.1, 0.15) is 0 Å². The molecule has 1 heterocycles. The van der Waals surface area contributed by atoms with Crippen LogP contribution in [0.1, 0.15) is 42.4 Å². The number of carboxylic acids is 1. The van der Waals surface area contributed by atoms with E-state index >= 15 is 0 Å². The standard InChI is InChI=1S/C17H19NO2/c1-12(2)14-3-5-15(6-4-14)16(17(19)20)11-13-7-9-18-10-8-13/h3-10,12,16H,11H2,1-2H3,(H,19,20). The summed E-state index contributed by atoms with van der Waals surface area (Å²) in [4.78, 5) is 15.5. The average molecular weight is 269 g/mol. The maximum absolute atomic E-state index is 11.5. The minimum absolute atomic E-state index is 0.451. The Kier molecular flexibility index (Phi) is 4.51. The number of nitrogens with zero attached hydrogens (tertiary/aromatic N) is 1. The van der Waals surface area contributed by atoms with Crippen molar-refractivity contribution in [3.05, 3.63) is 65.5 Å². The summed E-state index contributed by atoms with van der Waals surface area (Å²) in [7, 11) is 0. The van der Waals surface area contributed by atoms with E-state index in [1.807, 2.05) is 36.4 Å². The maximum Gasteiger partial charge on any atom is 0.311 e. The van der Waals surface area contributed by atoms with Gasteiger partial charge in [-0.2, -0.15) is 0 Å². The van der Waals surface area contributed by atoms with Crippen molar-refractivity contribution in [3.8, 4) is 0 Å². The summed E-state index contributed by atoms with van der Waals surface area (Å²) in [6.07, 6.45) is 3.87. The van der Waals surface area contributed by atoms with Crippen molar-refractivity contribution in [1.29, 1.82) is 0 Å². The van der Waals surface area contributed by atoms with Crippen LogP contribution in [0.15, 0.2) is 48.8 Å². The smallest absolute Gasteiger partial charge is 0.311 e. The zero-order chi connectivity index (χ0) is 14.5. The van der Waals surface area contributed by atoms with Crippen LogP contribution >= 0.6 is 0 Å². The van der Waals surface area contributed by atoms with Gasteiger partial charge in [0.25, 0.3) is 0 Å². The molecule has 2 rings (SSSR count). The molecule has 0 amide bonds. The lowest BCUT2D eigenvalue weighted by atomic mass is 9.90. The Bertz CT molecular complexity index is 561. The van der Waals surface area contributed by atoms with E-state index in [2.05, 4.69) is 18.8 Å². The highest BCUT2D eigenvalue weighted by molar-refractivity contribution is 5.76. The number of hydrogen-bond acceptors (Lipinski definition) is 2. The molecule has 0 spiro atoms. The van der Waals surface area contributed by atoms with Crippen LogP contribution in [0.5, 0.6) is 0 Å². The summed E-state index contributed by atoms with van der Waals surface area (Å²) in [5, 5.41) is 9.45. The van der Waals surface area contributed by atoms with Crippen molar-refractivity contribution in [3.63, 3.8) is 0 Å². The third-order valence-corrected chi connectivity index (χ3v) is 3.49. The molecule has 2 aromatic rings. The first kappa shape index (κ1) is 14.3. The largest absolute Gasteiger partial charge is 0.481 e. The summed E-state index contributed by atoms with van der Waals surface area (Å²) in [6.45, 7) is 4.25. The second kappa shape index (κ2) is 6.33. The number of benzene rings is 1. The number of carbonyl (C=O) groups is 1. The Morgan fingerprint density at radius 3 is 2.10 bits per heavy atom. The van der Waals surface area contributed by atoms with Crippen molar-refractivity contribution >= 4 is 5.97 Å². The fraction of sp³-hybridized carbons (Fsp3) is 0.294. The van der Waals surface area contributed by atoms with Crippen LogP contribution in [-0.2, 0) is 11.2 Å². The third-order valence-electron chi connectivity index (χ3n) is 3.49. The summed E-state index contributed by atoms with van der Waals surface area (Å²) >= 11 is 0. The highest BCUT2D eigenvalue weighted by atomic mass is 16.4. The van der Waals surface area contributed by atoms with Gasteiger partial charge >= 0.3 is 5.97 Å². The van der Waals surface area contributed by atoms with Crippen molar-refractivity contribution in [2.45, 2.75) is 32.1 Å². The Labute approximate surface area is 119 Å². The van der Waals surface area contributed by atoms with Crippen LogP contribution in [0, 0.1) is 0 Å². The lowest BCUT2D eigenvalue weighted by Gasteiger charge is -2.14. The van der Waals surface area contributed by atoms with Crippen LogP contribution in [0.2, 0.25) is 0 Å². The molecule has 0 bridgehead atoms. The topological polar surface area (TPSA) is 50.2 Å². The molecule has 3 heteroatoms. The van der Waals surface area contributed by atoms with Gasteiger partial charge in [0.05, 0.1) is 5.92 Å². The van der Waals surface area contributed by atoms with Crippen molar-refractivity contribution in [2.24, 2.45) is 0 Å². The molecule has 0 aliphatic heterocycles. The Balaban J connectivity index is 2.22. The van der Waals surface area contributed by atoms with Gasteiger partial charge < -0.3 is 5.11 Å². The number of pyridine rings is 1. The minimum Gasteiger partial charge on any atom is -0.481 e. The number of hydrogen-bond donors (Lipinski definition) is 1. The van der Waals surface area contributed by atoms with Crippen LogP contribution in [0.25, 0.3) is 0 Å². The summed E-state index contributed by atoms with van der Waals surface area (Å²) in [5.74, 6) is -0.856. The molecule has 1 N–H and O–H groups in total. The van der Waals surface area contributed by atoms with Crippen molar-refractivity contribution < 1.29 is 9.90 Å². The first-order valence-electron chi connectivity index (χ1n) is 6.79. The molecule has 1 aromatic heterocycles. The van der Waals surface area contributed by atoms with Gasteiger partial charge in [-0.15, -0.1) is 0 Å². The Hall–Kier alpha value is -2.16. The first-order chi connectivity index (χ1) is 9.58. The number of rotatable bonds is 5. The average Bonchev–Trinajstić information content (AvgIpc) is 2.45. The fourth-order valence-corrected chi connectivity index (χ4v) is 2.22. The molecule has 0 saturated carbocycles. The van der Waals surface area contributed by atoms with Gasteiger partial charge in [0.15, 0.2) is 0 Å². The monoisotopic (exact) mass is 269 g/mol. The lowest BCUT2D eigenvalue weighted by Crippen LogP contribution is -2.14. The van der Waals surface area contributed by atoms with E-state index in [0.717, 1.165) is 11.1 Å². The van der Waals surface area contributed by atoms with Gasteiger partial charge in [-0.25, -0.2) is 0 Å². The second-order valence-corrected chi connectivity index (χ2v) is 5.27. The van der Waals surface area contributed by atoms with Gasteiger partial charge in [0.2, 0.25) is 0 Å². The van der Waals surface area contributed by atoms with Crippen LogP contribution in [0.3, 0.4) is 0 Å². The molecule has 1 atom stereocenters. The van der Waals surface area contributed by atoms with Gasteiger partial charge in [-0.3, -0.25) is 9.78 Å². The molecule has 1 aromatic carbocycles. The summed E-state index contributed by atoms with van der Waals surface area (Å²) in [6, 6.07) is 11.6. The second-order valence-electron chi connectivity index (χ2n) is 5.27. The lowest BCUT2D eigenvalue weighted by molar-refractivity contribution is -0.138. The van der Waals surface area contributed by atoms with Gasteiger partial charge in [0, 0.05) is 12.4 Å². The molecule has 1 unspecified atom stereocenters. The van der Waals surface area contributed by atoms with E-state index in [0.29, 0.717) is 12.3 Å². The van der Waals surface area contributed by atoms with Crippen LogP contribution < -0.4 is 0 Å². The fourth-order valence-electron chi connectivity index (χ4n) is 2.22. The highest BCUT2D eigenvalue weighted by Crippen LogP contribution is 2.23. The minimum atomic E-state index is -0.792. The molecule has 0 fully saturated rings. The normalized spacial score (nSPS) is 12.3. The zero-order valence-electron chi connectivity index (χ0n) is 11.8. The third kappa shape index (κ3) is 3.44. The van der Waals surface area contributed by atoms with E-state index in [1.54, 1.807) is 12.4 Å². The molecular formula is C17H19NO2. The summed E-state index contributed by atoms with van der Waals surface area (Å²) in [5.41, 5.74) is 3.06. The van der Waals surface area contributed by atoms with E-state index in [-0.39, 0.29) is 0 Å². The molecule has 0 saturated heterocycles. The van der Waals surface area contributed by atoms with Crippen molar-refractivity contribution in [2.75, 3.05) is 0 Å². The number of carboxylic acid groups (broad SMARTS) is 1. The van der Waals surface area contributed by atoms with Crippen LogP contribution in [-0.4, -0.2) is 16.1 Å². The summed E-state index contributed by atoms with van der Waals surface area (Å²) < 4.78 is 0. The Morgan fingerprint density at radius 2 is 1.60 bits per heavy atom. The number of aromatic nitrogens is 1. The van der Waals surface area contributed by atoms with E-state index in [1.165, 1.54) is 5.56 Å². The molecule has 3 nitrogen and oxygen atoms in total. The quantitative estimate of drug-likeness (QED) is 0.902. The van der Waals surface area contributed by atoms with E-state index in [4.69, 9.17) is 0 Å². The Morgan fingerprint density at radius 1 is 1.05 bits per heavy atom. The molecular weight excluding hydrogens is 250 g/mol. The first-order valence-corrected chi connectivity index (χ1v) is 6.79. The predicted octanol–water partition coefficient (Wildman–Crippen LogP) is 3.62. The van der Waals surface area contributed by atoms with Crippen molar-refractivity contribution in [1.82, 2.24) is 4.98 Å². The number of aliphatic carboxylic acids is 1. The van der Waals surface area contributed by atoms with E-state index < -0.39 is 11.9 Å².